The molecule has 4 aromatic heterocycles. The van der Waals surface area contributed by atoms with Gasteiger partial charge in [-0.25, -0.2) is 33.3 Å². The summed E-state index contributed by atoms with van der Waals surface area (Å²) >= 11 is 0. The van der Waals surface area contributed by atoms with Gasteiger partial charge in [0.1, 0.15) is 37.3 Å². The highest BCUT2D eigenvalue weighted by atomic mass is 28.3. The van der Waals surface area contributed by atoms with Gasteiger partial charge in [-0.3, -0.25) is 4.98 Å². The number of pyridine rings is 1. The largest absolute Gasteiger partial charge is 0.446 e. The molecule has 6 rings (SSSR count). The molecule has 1 fully saturated rings. The van der Waals surface area contributed by atoms with Crippen molar-refractivity contribution in [3.05, 3.63) is 78.9 Å². The number of anilines is 1. The number of ether oxygens (including phenoxy) is 2. The first-order valence-corrected chi connectivity index (χ1v) is 17.0. The molecule has 1 aliphatic heterocycles. The second kappa shape index (κ2) is 10.8. The summed E-state index contributed by atoms with van der Waals surface area (Å²) in [6, 6.07) is 12.7. The number of benzene rings is 1. The van der Waals surface area contributed by atoms with Gasteiger partial charge >= 0.3 is 6.09 Å². The van der Waals surface area contributed by atoms with Gasteiger partial charge in [0.2, 0.25) is 0 Å². The Morgan fingerprint density at radius 3 is 2.78 bits per heavy atom. The van der Waals surface area contributed by atoms with E-state index < -0.39 is 26.0 Å². The molecule has 13 heteroatoms. The summed E-state index contributed by atoms with van der Waals surface area (Å²) < 4.78 is 29.5. The van der Waals surface area contributed by atoms with Crippen LogP contribution in [0.1, 0.15) is 11.7 Å². The number of hydrogen-bond donors (Lipinski definition) is 0. The second-order valence-electron chi connectivity index (χ2n) is 11.0. The van der Waals surface area contributed by atoms with Gasteiger partial charge < -0.3 is 9.47 Å². The quantitative estimate of drug-likeness (QED) is 0.175. The van der Waals surface area contributed by atoms with E-state index in [0.29, 0.717) is 34.9 Å². The van der Waals surface area contributed by atoms with Crippen molar-refractivity contribution in [3.8, 4) is 22.5 Å². The molecule has 0 aliphatic carbocycles. The third-order valence-electron chi connectivity index (χ3n) is 6.78. The molecule has 5 aromatic rings. The second-order valence-corrected chi connectivity index (χ2v) is 16.6. The van der Waals surface area contributed by atoms with Gasteiger partial charge in [-0.05, 0) is 41.9 Å². The number of carbonyl (C=O) groups is 1. The SMILES string of the molecule is C[Si](C)(C)CCOCn1cnc(-c2ccc(-c3cnn4ccc(N5C(=O)OC[C@@H]5c5ccccn5)nc34)cc2F)n1. The number of hydrogen-bond acceptors (Lipinski definition) is 8. The van der Waals surface area contributed by atoms with E-state index in [4.69, 9.17) is 14.5 Å². The molecule has 1 aliphatic rings. The van der Waals surface area contributed by atoms with Crippen molar-refractivity contribution in [2.24, 2.45) is 0 Å². The molecular formula is C28H29FN8O3Si. The Bertz CT molecular complexity index is 1700. The topological polar surface area (TPSA) is 113 Å². The highest BCUT2D eigenvalue weighted by molar-refractivity contribution is 6.76. The Morgan fingerprint density at radius 1 is 1.12 bits per heavy atom. The molecule has 1 saturated heterocycles. The average molecular weight is 573 g/mol. The summed E-state index contributed by atoms with van der Waals surface area (Å²) in [5.74, 6) is 0.182. The van der Waals surface area contributed by atoms with Crippen LogP contribution in [0.3, 0.4) is 0 Å². The van der Waals surface area contributed by atoms with Crippen LogP contribution < -0.4 is 4.90 Å². The zero-order chi connectivity index (χ0) is 28.6. The van der Waals surface area contributed by atoms with Gasteiger partial charge in [0.15, 0.2) is 11.5 Å². The van der Waals surface area contributed by atoms with Crippen molar-refractivity contribution in [3.63, 3.8) is 0 Å². The zero-order valence-corrected chi connectivity index (χ0v) is 23.9. The van der Waals surface area contributed by atoms with E-state index in [-0.39, 0.29) is 24.7 Å². The van der Waals surface area contributed by atoms with Gasteiger partial charge in [-0.2, -0.15) is 5.10 Å². The number of amides is 1. The maximum Gasteiger partial charge on any atom is 0.416 e. The number of carbonyl (C=O) groups excluding carboxylic acids is 1. The predicted molar refractivity (Wildman–Crippen MR) is 152 cm³/mol. The molecule has 1 amide bonds. The molecule has 0 spiro atoms. The van der Waals surface area contributed by atoms with Crippen molar-refractivity contribution < 1.29 is 18.7 Å². The summed E-state index contributed by atoms with van der Waals surface area (Å²) in [7, 11) is -1.18. The third kappa shape index (κ3) is 5.58. The average Bonchev–Trinajstić information content (AvgIpc) is 3.69. The highest BCUT2D eigenvalue weighted by Gasteiger charge is 2.37. The van der Waals surface area contributed by atoms with Gasteiger partial charge in [-0.1, -0.05) is 31.8 Å². The predicted octanol–water partition coefficient (Wildman–Crippen LogP) is 5.20. The first-order valence-electron chi connectivity index (χ1n) is 13.3. The Balaban J connectivity index is 1.24. The number of rotatable bonds is 9. The summed E-state index contributed by atoms with van der Waals surface area (Å²) in [5, 5.41) is 8.75. The minimum Gasteiger partial charge on any atom is -0.446 e. The zero-order valence-electron chi connectivity index (χ0n) is 22.9. The van der Waals surface area contributed by atoms with Crippen LogP contribution in [0.25, 0.3) is 28.2 Å². The highest BCUT2D eigenvalue weighted by Crippen LogP contribution is 2.33. The van der Waals surface area contributed by atoms with Crippen LogP contribution in [0.2, 0.25) is 25.7 Å². The Labute approximate surface area is 236 Å². The number of fused-ring (bicyclic) bond motifs is 1. The first-order chi connectivity index (χ1) is 19.8. The maximum absolute atomic E-state index is 15.4. The van der Waals surface area contributed by atoms with Gasteiger partial charge in [0, 0.05) is 32.6 Å². The van der Waals surface area contributed by atoms with Crippen LogP contribution in [-0.4, -0.2) is 61.7 Å². The molecule has 11 nitrogen and oxygen atoms in total. The van der Waals surface area contributed by atoms with Crippen molar-refractivity contribution in [2.45, 2.75) is 38.5 Å². The van der Waals surface area contributed by atoms with Crippen molar-refractivity contribution in [2.75, 3.05) is 18.1 Å². The normalized spacial score (nSPS) is 15.6. The van der Waals surface area contributed by atoms with Crippen molar-refractivity contribution in [1.29, 1.82) is 0 Å². The summed E-state index contributed by atoms with van der Waals surface area (Å²) in [6.45, 7) is 7.96. The molecule has 0 bridgehead atoms. The number of halogens is 1. The Morgan fingerprint density at radius 2 is 2.00 bits per heavy atom. The fourth-order valence-electron chi connectivity index (χ4n) is 4.54. The van der Waals surface area contributed by atoms with Gasteiger partial charge in [-0.15, -0.1) is 5.10 Å². The van der Waals surface area contributed by atoms with Crippen molar-refractivity contribution >= 4 is 25.6 Å². The van der Waals surface area contributed by atoms with Crippen molar-refractivity contribution in [1.82, 2.24) is 34.3 Å². The number of aromatic nitrogens is 7. The molecule has 1 aromatic carbocycles. The van der Waals surface area contributed by atoms with Gasteiger partial charge in [0.25, 0.3) is 0 Å². The van der Waals surface area contributed by atoms with Crippen LogP contribution in [0, 0.1) is 5.82 Å². The molecule has 0 N–H and O–H groups in total. The molecule has 5 heterocycles. The summed E-state index contributed by atoms with van der Waals surface area (Å²) in [4.78, 5) is 27.5. The van der Waals surface area contributed by atoms with E-state index in [2.05, 4.69) is 39.8 Å². The fraction of sp³-hybridized carbons (Fsp3) is 0.286. The molecule has 210 valence electrons. The number of nitrogens with zero attached hydrogens (tertiary/aromatic N) is 8. The van der Waals surface area contributed by atoms with E-state index in [0.717, 1.165) is 6.04 Å². The van der Waals surface area contributed by atoms with E-state index >= 15 is 4.39 Å². The summed E-state index contributed by atoms with van der Waals surface area (Å²) in [6.07, 6.45) is 6.01. The molecule has 0 saturated carbocycles. The van der Waals surface area contributed by atoms with Crippen LogP contribution in [0.5, 0.6) is 0 Å². The van der Waals surface area contributed by atoms with Crippen LogP contribution in [0.4, 0.5) is 15.0 Å². The smallest absolute Gasteiger partial charge is 0.416 e. The van der Waals surface area contributed by atoms with Crippen LogP contribution in [-0.2, 0) is 16.2 Å². The molecular weight excluding hydrogens is 543 g/mol. The number of cyclic esters (lactones) is 1. The molecule has 1 atom stereocenters. The summed E-state index contributed by atoms with van der Waals surface area (Å²) in [5.41, 5.74) is 2.61. The molecule has 41 heavy (non-hydrogen) atoms. The van der Waals surface area contributed by atoms with E-state index in [9.17, 15) is 4.79 Å². The monoisotopic (exact) mass is 572 g/mol. The van der Waals surface area contributed by atoms with Gasteiger partial charge in [0.05, 0.1) is 17.5 Å². The lowest BCUT2D eigenvalue weighted by molar-refractivity contribution is 0.0784. The minimum atomic E-state index is -1.18. The molecule has 0 unspecified atom stereocenters. The Kier molecular flexibility index (Phi) is 7.05. The lowest BCUT2D eigenvalue weighted by Gasteiger charge is -2.20. The van der Waals surface area contributed by atoms with E-state index in [1.54, 1.807) is 46.0 Å². The molecule has 0 radical (unpaired) electrons. The van der Waals surface area contributed by atoms with Crippen LogP contribution >= 0.6 is 0 Å². The fourth-order valence-corrected chi connectivity index (χ4v) is 5.30. The lowest BCUT2D eigenvalue weighted by Crippen LogP contribution is -2.28. The Hall–Kier alpha value is -4.49. The van der Waals surface area contributed by atoms with E-state index in [1.807, 2.05) is 18.2 Å². The maximum atomic E-state index is 15.4. The van der Waals surface area contributed by atoms with E-state index in [1.165, 1.54) is 17.3 Å². The lowest BCUT2D eigenvalue weighted by atomic mass is 10.1. The minimum absolute atomic E-state index is 0.163. The third-order valence-corrected chi connectivity index (χ3v) is 8.49. The first kappa shape index (κ1) is 26.7. The van der Waals surface area contributed by atoms with Crippen LogP contribution in [0.15, 0.2) is 67.4 Å². The standard InChI is InChI=1S/C28H29FN8O3Si/c1-41(2,3)13-12-39-18-35-17-31-26(34-35)20-8-7-19(14-22(20)29)21-15-32-36-11-9-25(33-27(21)36)37-24(16-40-28(37)38)23-6-4-5-10-30-23/h4-11,14-15,17,24H,12-13,16,18H2,1-3H3/t24-/m1/s1.